The van der Waals surface area contributed by atoms with Crippen LogP contribution in [0, 0.1) is 6.92 Å². The summed E-state index contributed by atoms with van der Waals surface area (Å²) >= 11 is 5.46. The van der Waals surface area contributed by atoms with Crippen LogP contribution in [0.25, 0.3) is 0 Å². The number of benzene rings is 1. The second kappa shape index (κ2) is 4.45. The molecule has 7 heteroatoms. The predicted octanol–water partition coefficient (Wildman–Crippen LogP) is 4.27. The summed E-state index contributed by atoms with van der Waals surface area (Å²) in [5.74, 6) is -0.965. The highest BCUT2D eigenvalue weighted by Gasteiger charge is 2.37. The average Bonchev–Trinajstić information content (AvgIpc) is 1.96. The van der Waals surface area contributed by atoms with Gasteiger partial charge in [-0.1, -0.05) is 11.6 Å². The van der Waals surface area contributed by atoms with Gasteiger partial charge in [0.25, 0.3) is 0 Å². The van der Waals surface area contributed by atoms with Crippen molar-refractivity contribution >= 4 is 11.6 Å². The number of ether oxygens (including phenoxy) is 1. The zero-order valence-corrected chi connectivity index (χ0v) is 8.66. The summed E-state index contributed by atoms with van der Waals surface area (Å²) in [7, 11) is 0. The number of hydrogen-bond acceptors (Lipinski definition) is 1. The molecule has 90 valence electrons. The molecule has 0 N–H and O–H groups in total. The van der Waals surface area contributed by atoms with E-state index in [1.54, 1.807) is 0 Å². The van der Waals surface area contributed by atoms with Crippen LogP contribution >= 0.6 is 11.6 Å². The van der Waals surface area contributed by atoms with Crippen molar-refractivity contribution in [3.05, 3.63) is 28.3 Å². The molecule has 0 aliphatic heterocycles. The summed E-state index contributed by atoms with van der Waals surface area (Å²) in [5, 5.41) is -0.0962. The quantitative estimate of drug-likeness (QED) is 0.722. The van der Waals surface area contributed by atoms with E-state index >= 15 is 0 Å². The first-order valence-corrected chi connectivity index (χ1v) is 4.41. The molecule has 1 aromatic rings. The fourth-order valence-electron chi connectivity index (χ4n) is 1.26. The largest absolute Gasteiger partial charge is 0.434 e. The zero-order valence-electron chi connectivity index (χ0n) is 7.91. The van der Waals surface area contributed by atoms with Gasteiger partial charge in [-0.05, 0) is 24.6 Å². The Labute approximate surface area is 92.8 Å². The van der Waals surface area contributed by atoms with E-state index in [9.17, 15) is 22.0 Å². The van der Waals surface area contributed by atoms with Gasteiger partial charge in [0.05, 0.1) is 0 Å². The molecule has 0 aromatic heterocycles. The normalized spacial score (nSPS) is 12.0. The molecule has 0 bridgehead atoms. The number of alkyl halides is 5. The minimum absolute atomic E-state index is 0.0962. The van der Waals surface area contributed by atoms with E-state index in [0.29, 0.717) is 6.07 Å². The molecule has 0 fully saturated rings. The molecule has 0 saturated carbocycles. The van der Waals surface area contributed by atoms with Gasteiger partial charge in [0.2, 0.25) is 0 Å². The van der Waals surface area contributed by atoms with Gasteiger partial charge in [0, 0.05) is 5.02 Å². The molecule has 0 heterocycles. The Morgan fingerprint density at radius 1 is 1.25 bits per heavy atom. The molecule has 0 atom stereocenters. The smallest absolute Gasteiger partial charge is 0.420 e. The van der Waals surface area contributed by atoms with E-state index in [1.165, 1.54) is 0 Å². The van der Waals surface area contributed by atoms with Gasteiger partial charge in [-0.25, -0.2) is 0 Å². The lowest BCUT2D eigenvalue weighted by molar-refractivity contribution is -0.142. The first kappa shape index (κ1) is 13.0. The minimum Gasteiger partial charge on any atom is -0.434 e. The van der Waals surface area contributed by atoms with Gasteiger partial charge in [-0.3, -0.25) is 0 Å². The van der Waals surface area contributed by atoms with Gasteiger partial charge in [-0.2, -0.15) is 22.0 Å². The minimum atomic E-state index is -4.76. The maximum absolute atomic E-state index is 12.5. The summed E-state index contributed by atoms with van der Waals surface area (Å²) in [5.41, 5.74) is -1.51. The molecular weight excluding hydrogens is 255 g/mol. The third kappa shape index (κ3) is 2.98. The Kier molecular flexibility index (Phi) is 3.62. The van der Waals surface area contributed by atoms with Crippen molar-refractivity contribution < 1.29 is 26.7 Å². The Bertz CT molecular complexity index is 388. The molecule has 0 amide bonds. The molecular formula is C9H6ClF5O. The third-order valence-electron chi connectivity index (χ3n) is 1.76. The highest BCUT2D eigenvalue weighted by Crippen LogP contribution is 2.40. The van der Waals surface area contributed by atoms with Crippen molar-refractivity contribution in [3.63, 3.8) is 0 Å². The fourth-order valence-corrected chi connectivity index (χ4v) is 1.53. The number of halogens is 6. The van der Waals surface area contributed by atoms with E-state index in [2.05, 4.69) is 4.74 Å². The molecule has 0 aliphatic rings. The van der Waals surface area contributed by atoms with E-state index in [-0.39, 0.29) is 10.6 Å². The van der Waals surface area contributed by atoms with Gasteiger partial charge >= 0.3 is 12.8 Å². The third-order valence-corrected chi connectivity index (χ3v) is 1.98. The molecule has 0 radical (unpaired) electrons. The summed E-state index contributed by atoms with van der Waals surface area (Å²) < 4.78 is 65.2. The van der Waals surface area contributed by atoms with E-state index in [4.69, 9.17) is 11.6 Å². The molecule has 0 saturated heterocycles. The number of rotatable bonds is 2. The summed E-state index contributed by atoms with van der Waals surface area (Å²) in [6, 6.07) is 1.74. The van der Waals surface area contributed by atoms with Crippen molar-refractivity contribution in [1.29, 1.82) is 0 Å². The zero-order chi connectivity index (χ0) is 12.5. The second-order valence-electron chi connectivity index (χ2n) is 2.97. The van der Waals surface area contributed by atoms with Crippen molar-refractivity contribution in [2.75, 3.05) is 0 Å². The van der Waals surface area contributed by atoms with Crippen LogP contribution in [0.4, 0.5) is 22.0 Å². The van der Waals surface area contributed by atoms with Crippen LogP contribution in [0.5, 0.6) is 5.75 Å². The van der Waals surface area contributed by atoms with Crippen molar-refractivity contribution in [2.45, 2.75) is 19.7 Å². The van der Waals surface area contributed by atoms with Crippen LogP contribution < -0.4 is 4.74 Å². The van der Waals surface area contributed by atoms with E-state index in [0.717, 1.165) is 13.0 Å². The molecule has 0 unspecified atom stereocenters. The van der Waals surface area contributed by atoms with Crippen molar-refractivity contribution in [3.8, 4) is 5.75 Å². The van der Waals surface area contributed by atoms with Crippen LogP contribution in [-0.4, -0.2) is 6.61 Å². The lowest BCUT2D eigenvalue weighted by atomic mass is 10.1. The monoisotopic (exact) mass is 260 g/mol. The predicted molar refractivity (Wildman–Crippen MR) is 47.8 cm³/mol. The molecule has 0 spiro atoms. The summed E-state index contributed by atoms with van der Waals surface area (Å²) in [6.07, 6.45) is -4.76. The standard InChI is InChI=1S/C9H6ClF5O/c1-4-2-5(10)3-6(16-8(11)12)7(4)9(13,14)15/h2-3,8H,1H3. The summed E-state index contributed by atoms with van der Waals surface area (Å²) in [6.45, 7) is -2.22. The van der Waals surface area contributed by atoms with Crippen LogP contribution in [-0.2, 0) is 6.18 Å². The number of aryl methyl sites for hydroxylation is 1. The van der Waals surface area contributed by atoms with Gasteiger partial charge < -0.3 is 4.74 Å². The Balaban J connectivity index is 3.33. The van der Waals surface area contributed by atoms with Crippen LogP contribution in [0.2, 0.25) is 5.02 Å². The van der Waals surface area contributed by atoms with E-state index in [1.807, 2.05) is 0 Å². The Hall–Kier alpha value is -1.04. The molecule has 0 aliphatic carbocycles. The van der Waals surface area contributed by atoms with Crippen LogP contribution in [0.3, 0.4) is 0 Å². The van der Waals surface area contributed by atoms with Crippen molar-refractivity contribution in [1.82, 2.24) is 0 Å². The first-order chi connectivity index (χ1) is 7.21. The lowest BCUT2D eigenvalue weighted by Gasteiger charge is -2.16. The lowest BCUT2D eigenvalue weighted by Crippen LogP contribution is -2.13. The van der Waals surface area contributed by atoms with Crippen molar-refractivity contribution in [2.24, 2.45) is 0 Å². The fraction of sp³-hybridized carbons (Fsp3) is 0.333. The second-order valence-corrected chi connectivity index (χ2v) is 3.41. The topological polar surface area (TPSA) is 9.23 Å². The van der Waals surface area contributed by atoms with Gasteiger partial charge in [0.1, 0.15) is 11.3 Å². The Morgan fingerprint density at radius 2 is 1.81 bits per heavy atom. The molecule has 16 heavy (non-hydrogen) atoms. The number of hydrogen-bond donors (Lipinski definition) is 0. The van der Waals surface area contributed by atoms with Crippen LogP contribution in [0.15, 0.2) is 12.1 Å². The average molecular weight is 261 g/mol. The van der Waals surface area contributed by atoms with Gasteiger partial charge in [-0.15, -0.1) is 0 Å². The molecule has 1 nitrogen and oxygen atoms in total. The first-order valence-electron chi connectivity index (χ1n) is 4.04. The maximum atomic E-state index is 12.5. The van der Waals surface area contributed by atoms with Gasteiger partial charge in [0.15, 0.2) is 0 Å². The van der Waals surface area contributed by atoms with E-state index < -0.39 is 24.1 Å². The SMILES string of the molecule is Cc1cc(Cl)cc(OC(F)F)c1C(F)(F)F. The Morgan fingerprint density at radius 3 is 2.25 bits per heavy atom. The summed E-state index contributed by atoms with van der Waals surface area (Å²) in [4.78, 5) is 0. The maximum Gasteiger partial charge on any atom is 0.420 e. The molecule has 1 aromatic carbocycles. The highest BCUT2D eigenvalue weighted by atomic mass is 35.5. The van der Waals surface area contributed by atoms with Crippen LogP contribution in [0.1, 0.15) is 11.1 Å². The molecule has 1 rings (SSSR count). The highest BCUT2D eigenvalue weighted by molar-refractivity contribution is 6.30.